The Morgan fingerprint density at radius 1 is 1.18 bits per heavy atom. The normalized spacial score (nSPS) is 11.6. The standard InChI is InChI=1S/C20H31NO6S/c1-4-5-12-27-19-11-10-17(20(15-19)21(23)24)14-18(22)9-7-6-8-13-28(25,26)16(2)3/h10-11,15-16H,4-9,12-14H2,1-3H3. The van der Waals surface area contributed by atoms with Gasteiger partial charge < -0.3 is 4.74 Å². The molecule has 0 N–H and O–H groups in total. The van der Waals surface area contributed by atoms with Gasteiger partial charge in [0.25, 0.3) is 5.69 Å². The predicted octanol–water partition coefficient (Wildman–Crippen LogP) is 4.27. The van der Waals surface area contributed by atoms with E-state index in [0.29, 0.717) is 37.2 Å². The Morgan fingerprint density at radius 2 is 1.89 bits per heavy atom. The number of rotatable bonds is 14. The van der Waals surface area contributed by atoms with Gasteiger partial charge in [0.05, 0.1) is 28.6 Å². The molecule has 0 spiro atoms. The maximum atomic E-state index is 12.2. The van der Waals surface area contributed by atoms with Crippen LogP contribution in [0.25, 0.3) is 0 Å². The fourth-order valence-corrected chi connectivity index (χ4v) is 3.70. The summed E-state index contributed by atoms with van der Waals surface area (Å²) in [5.74, 6) is 0.473. The first-order valence-corrected chi connectivity index (χ1v) is 11.5. The molecule has 1 aromatic carbocycles. The van der Waals surface area contributed by atoms with Crippen LogP contribution in [0.1, 0.15) is 64.9 Å². The van der Waals surface area contributed by atoms with Crippen LogP contribution < -0.4 is 4.74 Å². The second-order valence-corrected chi connectivity index (χ2v) is 9.87. The summed E-state index contributed by atoms with van der Waals surface area (Å²) in [5, 5.41) is 10.9. The van der Waals surface area contributed by atoms with Gasteiger partial charge in [0.1, 0.15) is 11.5 Å². The fraction of sp³-hybridized carbons (Fsp3) is 0.650. The molecule has 0 radical (unpaired) electrons. The molecule has 1 aromatic rings. The summed E-state index contributed by atoms with van der Waals surface area (Å²) in [4.78, 5) is 23.0. The van der Waals surface area contributed by atoms with Crippen molar-refractivity contribution in [1.29, 1.82) is 0 Å². The Balaban J connectivity index is 2.53. The monoisotopic (exact) mass is 413 g/mol. The zero-order valence-electron chi connectivity index (χ0n) is 17.0. The lowest BCUT2D eigenvalue weighted by Crippen LogP contribution is -2.17. The molecule has 0 heterocycles. The molecule has 1 rings (SSSR count). The fourth-order valence-electron chi connectivity index (χ4n) is 2.63. The molecule has 0 aliphatic heterocycles. The number of hydrogen-bond acceptors (Lipinski definition) is 6. The van der Waals surface area contributed by atoms with Gasteiger partial charge in [-0.25, -0.2) is 8.42 Å². The topological polar surface area (TPSA) is 104 Å². The number of unbranched alkanes of at least 4 members (excludes halogenated alkanes) is 3. The summed E-state index contributed by atoms with van der Waals surface area (Å²) in [6.07, 6.45) is 3.87. The minimum absolute atomic E-state index is 0.00412. The zero-order valence-corrected chi connectivity index (χ0v) is 17.8. The Hall–Kier alpha value is -1.96. The van der Waals surface area contributed by atoms with Crippen molar-refractivity contribution in [2.75, 3.05) is 12.4 Å². The van der Waals surface area contributed by atoms with Crippen LogP contribution in [0, 0.1) is 10.1 Å². The Labute approximate surface area is 167 Å². The highest BCUT2D eigenvalue weighted by Gasteiger charge is 2.18. The lowest BCUT2D eigenvalue weighted by atomic mass is 10.0. The van der Waals surface area contributed by atoms with Gasteiger partial charge in [-0.2, -0.15) is 0 Å². The number of nitro groups is 1. The Morgan fingerprint density at radius 3 is 2.50 bits per heavy atom. The molecule has 158 valence electrons. The molecule has 7 nitrogen and oxygen atoms in total. The summed E-state index contributed by atoms with van der Waals surface area (Å²) in [7, 11) is -3.05. The molecule has 0 saturated carbocycles. The van der Waals surface area contributed by atoms with Crippen molar-refractivity contribution in [3.8, 4) is 5.75 Å². The van der Waals surface area contributed by atoms with Crippen molar-refractivity contribution in [2.45, 2.75) is 71.0 Å². The molecule has 8 heteroatoms. The zero-order chi connectivity index (χ0) is 21.2. The van der Waals surface area contributed by atoms with Gasteiger partial charge in [-0.1, -0.05) is 19.8 Å². The molecule has 0 aliphatic rings. The third-order valence-electron chi connectivity index (χ3n) is 4.51. The third kappa shape index (κ3) is 8.37. The Bertz CT molecular complexity index is 758. The first-order chi connectivity index (χ1) is 13.2. The van der Waals surface area contributed by atoms with E-state index >= 15 is 0 Å². The van der Waals surface area contributed by atoms with E-state index in [9.17, 15) is 23.3 Å². The smallest absolute Gasteiger partial charge is 0.276 e. The van der Waals surface area contributed by atoms with E-state index < -0.39 is 14.8 Å². The SMILES string of the molecule is CCCCOc1ccc(CC(=O)CCCCCS(=O)(=O)C(C)C)c([N+](=O)[O-])c1. The molecule has 28 heavy (non-hydrogen) atoms. The molecule has 0 amide bonds. The number of nitrogens with zero attached hydrogens (tertiary/aromatic N) is 1. The minimum atomic E-state index is -3.05. The summed E-state index contributed by atoms with van der Waals surface area (Å²) in [6.45, 7) is 5.85. The average molecular weight is 414 g/mol. The predicted molar refractivity (Wildman–Crippen MR) is 110 cm³/mol. The third-order valence-corrected chi connectivity index (χ3v) is 6.80. The highest BCUT2D eigenvalue weighted by Crippen LogP contribution is 2.26. The number of carbonyl (C=O) groups excluding carboxylic acids is 1. The molecule has 0 aromatic heterocycles. The van der Waals surface area contributed by atoms with Crippen LogP contribution in [0.15, 0.2) is 18.2 Å². The van der Waals surface area contributed by atoms with Crippen LogP contribution >= 0.6 is 0 Å². The van der Waals surface area contributed by atoms with E-state index in [0.717, 1.165) is 12.8 Å². The van der Waals surface area contributed by atoms with Gasteiger partial charge in [0.15, 0.2) is 9.84 Å². The number of sulfone groups is 1. The largest absolute Gasteiger partial charge is 0.493 e. The molecular formula is C20H31NO6S. The van der Waals surface area contributed by atoms with Gasteiger partial charge in [-0.3, -0.25) is 14.9 Å². The first kappa shape index (κ1) is 24.1. The number of ketones is 1. The molecule has 0 atom stereocenters. The van der Waals surface area contributed by atoms with Crippen LogP contribution in [-0.2, 0) is 21.1 Å². The van der Waals surface area contributed by atoms with Crippen LogP contribution in [0.2, 0.25) is 0 Å². The number of ether oxygens (including phenoxy) is 1. The van der Waals surface area contributed by atoms with Crippen molar-refractivity contribution < 1.29 is 22.9 Å². The molecule has 0 bridgehead atoms. The van der Waals surface area contributed by atoms with E-state index in [1.807, 2.05) is 6.92 Å². The second-order valence-electron chi connectivity index (χ2n) is 7.19. The van der Waals surface area contributed by atoms with Gasteiger partial charge in [-0.05, 0) is 45.2 Å². The highest BCUT2D eigenvalue weighted by molar-refractivity contribution is 7.91. The molecule has 0 aliphatic carbocycles. The van der Waals surface area contributed by atoms with E-state index in [4.69, 9.17) is 4.74 Å². The van der Waals surface area contributed by atoms with Crippen molar-refractivity contribution >= 4 is 21.3 Å². The summed E-state index contributed by atoms with van der Waals surface area (Å²) >= 11 is 0. The van der Waals surface area contributed by atoms with Crippen molar-refractivity contribution in [1.82, 2.24) is 0 Å². The van der Waals surface area contributed by atoms with Gasteiger partial charge in [0.2, 0.25) is 0 Å². The lowest BCUT2D eigenvalue weighted by Gasteiger charge is -2.08. The van der Waals surface area contributed by atoms with Gasteiger partial charge in [-0.15, -0.1) is 0 Å². The summed E-state index contributed by atoms with van der Waals surface area (Å²) in [5.41, 5.74) is 0.269. The Kier molecular flexibility index (Phi) is 10.1. The average Bonchev–Trinajstić information content (AvgIpc) is 2.62. The van der Waals surface area contributed by atoms with E-state index in [1.54, 1.807) is 26.0 Å². The highest BCUT2D eigenvalue weighted by atomic mass is 32.2. The molecule has 0 saturated heterocycles. The number of Topliss-reactive ketones (excluding diaryl/α,β-unsaturated/α-hetero) is 1. The molecule has 0 unspecified atom stereocenters. The molecule has 0 fully saturated rings. The van der Waals surface area contributed by atoms with E-state index in [2.05, 4.69) is 0 Å². The lowest BCUT2D eigenvalue weighted by molar-refractivity contribution is -0.385. The van der Waals surface area contributed by atoms with Crippen LogP contribution in [0.5, 0.6) is 5.75 Å². The van der Waals surface area contributed by atoms with Gasteiger partial charge >= 0.3 is 0 Å². The van der Waals surface area contributed by atoms with Gasteiger partial charge in [0, 0.05) is 18.4 Å². The van der Waals surface area contributed by atoms with E-state index in [1.165, 1.54) is 6.07 Å². The number of hydrogen-bond donors (Lipinski definition) is 0. The van der Waals surface area contributed by atoms with Crippen LogP contribution in [-0.4, -0.2) is 36.7 Å². The number of carbonyl (C=O) groups is 1. The maximum absolute atomic E-state index is 12.2. The minimum Gasteiger partial charge on any atom is -0.493 e. The van der Waals surface area contributed by atoms with Crippen LogP contribution in [0.3, 0.4) is 0 Å². The van der Waals surface area contributed by atoms with Crippen LogP contribution in [0.4, 0.5) is 5.69 Å². The number of nitro benzene ring substituents is 1. The maximum Gasteiger partial charge on any atom is 0.276 e. The second kappa shape index (κ2) is 11.8. The number of benzene rings is 1. The molecular weight excluding hydrogens is 382 g/mol. The van der Waals surface area contributed by atoms with E-state index in [-0.39, 0.29) is 35.3 Å². The van der Waals surface area contributed by atoms with Crippen molar-refractivity contribution in [3.05, 3.63) is 33.9 Å². The van der Waals surface area contributed by atoms with Crippen molar-refractivity contribution in [3.63, 3.8) is 0 Å². The summed E-state index contributed by atoms with van der Waals surface area (Å²) in [6, 6.07) is 4.60. The first-order valence-electron chi connectivity index (χ1n) is 9.80. The quantitative estimate of drug-likeness (QED) is 0.256. The summed E-state index contributed by atoms with van der Waals surface area (Å²) < 4.78 is 29.0. The van der Waals surface area contributed by atoms with Crippen molar-refractivity contribution in [2.24, 2.45) is 0 Å².